The van der Waals surface area contributed by atoms with Crippen molar-refractivity contribution in [1.29, 1.82) is 0 Å². The summed E-state index contributed by atoms with van der Waals surface area (Å²) in [5.74, 6) is 0.318. The number of pyridine rings is 3. The molecule has 3 aromatic heterocycles. The lowest BCUT2D eigenvalue weighted by Gasteiger charge is -2.25. The lowest BCUT2D eigenvalue weighted by atomic mass is 10.0. The molecule has 63 heavy (non-hydrogen) atoms. The Labute approximate surface area is 374 Å². The van der Waals surface area contributed by atoms with Crippen molar-refractivity contribution in [2.24, 2.45) is 11.8 Å². The van der Waals surface area contributed by atoms with Gasteiger partial charge in [0.25, 0.3) is 0 Å². The van der Waals surface area contributed by atoms with Gasteiger partial charge in [0.2, 0.25) is 11.8 Å². The Morgan fingerprint density at radius 2 is 1.06 bits per heavy atom. The van der Waals surface area contributed by atoms with E-state index in [1.165, 1.54) is 44.6 Å². The van der Waals surface area contributed by atoms with Crippen LogP contribution in [0.1, 0.15) is 118 Å². The highest BCUT2D eigenvalue weighted by Crippen LogP contribution is 2.32. The lowest BCUT2D eigenvalue weighted by molar-refractivity contribution is -0.136. The predicted molar refractivity (Wildman–Crippen MR) is 239 cm³/mol. The molecule has 3 aromatic rings. The summed E-state index contributed by atoms with van der Waals surface area (Å²) in [6.07, 6.45) is 1.28. The summed E-state index contributed by atoms with van der Waals surface area (Å²) in [4.78, 5) is 57.4. The normalized spacial score (nSPS) is 18.7. The first-order valence-electron chi connectivity index (χ1n) is 22.3. The van der Waals surface area contributed by atoms with Crippen LogP contribution in [-0.2, 0) is 87.6 Å². The van der Waals surface area contributed by atoms with Crippen LogP contribution in [0.25, 0.3) is 0 Å². The summed E-state index contributed by atoms with van der Waals surface area (Å²) in [5.41, 5.74) is 16.8. The fraction of sp³-hybridized carbons (Fsp3) is 0.625. The monoisotopic (exact) mass is 871 g/mol. The smallest absolute Gasteiger partial charge is 0.410 e. The van der Waals surface area contributed by atoms with E-state index in [-0.39, 0.29) is 29.7 Å². The molecule has 0 saturated carbocycles. The third-order valence-electron chi connectivity index (χ3n) is 13.2. The quantitative estimate of drug-likeness (QED) is 0.285. The van der Waals surface area contributed by atoms with Crippen molar-refractivity contribution in [3.8, 4) is 0 Å². The van der Waals surface area contributed by atoms with Crippen molar-refractivity contribution in [3.63, 3.8) is 0 Å². The summed E-state index contributed by atoms with van der Waals surface area (Å²) in [5, 5.41) is 6.59. The number of nitrogens with one attached hydrogen (secondary N) is 2. The van der Waals surface area contributed by atoms with Gasteiger partial charge in [-0.2, -0.15) is 0 Å². The molecule has 0 radical (unpaired) electrons. The Balaban J connectivity index is 0.000000166. The molecule has 0 aliphatic carbocycles. The Morgan fingerprint density at radius 1 is 0.587 bits per heavy atom. The Kier molecular flexibility index (Phi) is 15.6. The molecule has 2 atom stereocenters. The number of carbonyl (C=O) groups is 3. The Morgan fingerprint density at radius 3 is 1.52 bits per heavy atom. The third-order valence-corrected chi connectivity index (χ3v) is 13.2. The standard InChI is InChI=1S/C21H31N3O4.C16H23N3O2.C11H16N2O/c1-13-14(2)18(12-27-6)22-17-11-24(10-16(13)17)19(25)15-7-8-23(9-15)20(26)28-21(3,4)5;1-10-11(2)15(9-21-3)18-14-8-19(7-13(10)14)16(20)12-4-5-17-6-12;1-7-8(2)11(6-14-3)13-10-5-12-4-9(7)10/h15H,7-12H2,1-6H3;12,17H,4-9H2,1-3H3;12H,4-6H2,1-3H3/t15-;12-;/m11./s1. The maximum Gasteiger partial charge on any atom is 0.410 e. The predicted octanol–water partition coefficient (Wildman–Crippen LogP) is 5.69. The van der Waals surface area contributed by atoms with E-state index in [0.29, 0.717) is 65.5 Å². The van der Waals surface area contributed by atoms with Gasteiger partial charge < -0.3 is 44.3 Å². The molecule has 0 spiro atoms. The maximum atomic E-state index is 13.1. The van der Waals surface area contributed by atoms with E-state index >= 15 is 0 Å². The molecule has 2 N–H and O–H groups in total. The van der Waals surface area contributed by atoms with Crippen LogP contribution < -0.4 is 10.6 Å². The molecule has 0 unspecified atom stereocenters. The summed E-state index contributed by atoms with van der Waals surface area (Å²) in [6, 6.07) is 0. The summed E-state index contributed by atoms with van der Waals surface area (Å²) < 4.78 is 21.1. The zero-order valence-electron chi connectivity index (χ0n) is 39.8. The van der Waals surface area contributed by atoms with Crippen LogP contribution in [0.15, 0.2) is 0 Å². The minimum absolute atomic E-state index is 0.0920. The van der Waals surface area contributed by atoms with Gasteiger partial charge in [-0.3, -0.25) is 24.5 Å². The number of rotatable bonds is 8. The summed E-state index contributed by atoms with van der Waals surface area (Å²) >= 11 is 0. The van der Waals surface area contributed by atoms with Crippen molar-refractivity contribution in [2.45, 2.75) is 140 Å². The number of carbonyl (C=O) groups excluding carboxylic acids is 3. The van der Waals surface area contributed by atoms with E-state index in [2.05, 4.69) is 57.2 Å². The number of ether oxygens (including phenoxy) is 4. The minimum Gasteiger partial charge on any atom is -0.444 e. The van der Waals surface area contributed by atoms with Crippen molar-refractivity contribution in [2.75, 3.05) is 47.5 Å². The van der Waals surface area contributed by atoms with Crippen LogP contribution in [0.4, 0.5) is 4.79 Å². The van der Waals surface area contributed by atoms with Gasteiger partial charge in [0, 0.05) is 67.1 Å². The Hall–Kier alpha value is -4.54. The van der Waals surface area contributed by atoms with E-state index in [9.17, 15) is 14.4 Å². The molecular weight excluding hydrogens is 801 g/mol. The van der Waals surface area contributed by atoms with Gasteiger partial charge in [-0.1, -0.05) is 0 Å². The third kappa shape index (κ3) is 10.9. The number of hydrogen-bond acceptors (Lipinski definition) is 12. The first-order valence-corrected chi connectivity index (χ1v) is 22.3. The summed E-state index contributed by atoms with van der Waals surface area (Å²) in [7, 11) is 5.06. The molecule has 344 valence electrons. The van der Waals surface area contributed by atoms with E-state index in [1.54, 1.807) is 26.2 Å². The van der Waals surface area contributed by atoms with Gasteiger partial charge in [0.1, 0.15) is 5.60 Å². The molecule has 5 aliphatic rings. The van der Waals surface area contributed by atoms with E-state index in [0.717, 1.165) is 72.2 Å². The molecule has 15 heteroatoms. The molecular formula is C48H70N8O7. The van der Waals surface area contributed by atoms with Crippen molar-refractivity contribution in [1.82, 2.24) is 40.3 Å². The van der Waals surface area contributed by atoms with Gasteiger partial charge in [0.15, 0.2) is 0 Å². The van der Waals surface area contributed by atoms with Gasteiger partial charge in [-0.05, 0) is 132 Å². The van der Waals surface area contributed by atoms with Crippen LogP contribution in [0, 0.1) is 53.4 Å². The zero-order chi connectivity index (χ0) is 45.7. The average Bonchev–Trinajstić information content (AvgIpc) is 4.10. The van der Waals surface area contributed by atoms with Crippen LogP contribution in [0.3, 0.4) is 0 Å². The molecule has 0 bridgehead atoms. The molecule has 0 aromatic carbocycles. The number of methoxy groups -OCH3 is 3. The SMILES string of the molecule is COCc1nc2c(c(C)c1C)CN(C(=O)[C@@H]1CCN(C(=O)OC(C)(C)C)C1)C2.COCc1nc2c(c(C)c1C)CN(C(=O)[C@@H]1CCNC1)C2.COCc1nc2c(c(C)c1C)CNC2. The topological polar surface area (TPSA) is 161 Å². The largest absolute Gasteiger partial charge is 0.444 e. The van der Waals surface area contributed by atoms with E-state index in [4.69, 9.17) is 28.9 Å². The average molecular weight is 871 g/mol. The molecule has 5 aliphatic heterocycles. The number of nitrogens with zero attached hydrogens (tertiary/aromatic N) is 6. The molecule has 15 nitrogen and oxygen atoms in total. The molecule has 8 rings (SSSR count). The fourth-order valence-electron chi connectivity index (χ4n) is 9.12. The van der Waals surface area contributed by atoms with Crippen molar-refractivity contribution in [3.05, 3.63) is 84.2 Å². The number of likely N-dealkylation sites (tertiary alicyclic amines) is 1. The van der Waals surface area contributed by atoms with Crippen molar-refractivity contribution < 1.29 is 33.3 Å². The number of hydrogen-bond donors (Lipinski definition) is 2. The van der Waals surface area contributed by atoms with E-state index in [1.807, 2.05) is 30.6 Å². The zero-order valence-corrected chi connectivity index (χ0v) is 39.8. The number of fused-ring (bicyclic) bond motifs is 3. The first-order chi connectivity index (χ1) is 30.0. The molecule has 2 saturated heterocycles. The van der Waals surface area contributed by atoms with Crippen LogP contribution in [0.5, 0.6) is 0 Å². The lowest BCUT2D eigenvalue weighted by Crippen LogP contribution is -2.37. The maximum absolute atomic E-state index is 13.1. The van der Waals surface area contributed by atoms with Crippen LogP contribution >= 0.6 is 0 Å². The molecule has 8 heterocycles. The van der Waals surface area contributed by atoms with Gasteiger partial charge in [0.05, 0.1) is 78.9 Å². The van der Waals surface area contributed by atoms with Gasteiger partial charge in [-0.25, -0.2) is 4.79 Å². The van der Waals surface area contributed by atoms with Crippen LogP contribution in [-0.4, -0.2) is 101 Å². The second-order valence-electron chi connectivity index (χ2n) is 18.6. The van der Waals surface area contributed by atoms with Crippen LogP contribution in [0.2, 0.25) is 0 Å². The highest BCUT2D eigenvalue weighted by atomic mass is 16.6. The molecule has 2 fully saturated rings. The number of aromatic nitrogens is 3. The van der Waals surface area contributed by atoms with E-state index < -0.39 is 5.60 Å². The van der Waals surface area contributed by atoms with Crippen molar-refractivity contribution >= 4 is 17.9 Å². The van der Waals surface area contributed by atoms with Gasteiger partial charge >= 0.3 is 6.09 Å². The summed E-state index contributed by atoms with van der Waals surface area (Å²) in [6.45, 7) is 26.8. The Bertz CT molecular complexity index is 2180. The second kappa shape index (κ2) is 20.5. The number of amides is 3. The highest BCUT2D eigenvalue weighted by Gasteiger charge is 2.38. The first kappa shape index (κ1) is 47.9. The fourth-order valence-corrected chi connectivity index (χ4v) is 9.12. The molecule has 3 amide bonds. The van der Waals surface area contributed by atoms with Gasteiger partial charge in [-0.15, -0.1) is 0 Å². The highest BCUT2D eigenvalue weighted by molar-refractivity contribution is 5.81. The second-order valence-corrected chi connectivity index (χ2v) is 18.6. The minimum atomic E-state index is -0.531.